The zero-order valence-corrected chi connectivity index (χ0v) is 13.9. The normalized spacial score (nSPS) is 18.7. The van der Waals surface area contributed by atoms with Crippen LogP contribution in [0.1, 0.15) is 12.8 Å². The molecular formula is C17H26N4O2. The largest absolute Gasteiger partial charge is 0.375 e. The van der Waals surface area contributed by atoms with Crippen LogP contribution in [0.15, 0.2) is 30.3 Å². The number of para-hydroxylation sites is 1. The number of nitrogens with two attached hydrogens (primary N) is 1. The summed E-state index contributed by atoms with van der Waals surface area (Å²) in [6.45, 7) is 2.57. The van der Waals surface area contributed by atoms with E-state index < -0.39 is 0 Å². The second kappa shape index (κ2) is 7.97. The van der Waals surface area contributed by atoms with Crippen molar-refractivity contribution in [2.45, 2.75) is 18.9 Å². The van der Waals surface area contributed by atoms with E-state index in [-0.39, 0.29) is 17.9 Å². The molecule has 2 N–H and O–H groups in total. The number of amides is 2. The Bertz CT molecular complexity index is 535. The third kappa shape index (κ3) is 4.69. The molecule has 1 heterocycles. The second-order valence-corrected chi connectivity index (χ2v) is 6.10. The van der Waals surface area contributed by atoms with Gasteiger partial charge in [-0.3, -0.25) is 14.5 Å². The lowest BCUT2D eigenvalue weighted by molar-refractivity contribution is -0.136. The highest BCUT2D eigenvalue weighted by atomic mass is 16.2. The van der Waals surface area contributed by atoms with Gasteiger partial charge < -0.3 is 15.5 Å². The highest BCUT2D eigenvalue weighted by molar-refractivity contribution is 5.82. The molecule has 0 aliphatic carbocycles. The summed E-state index contributed by atoms with van der Waals surface area (Å²) < 4.78 is 0. The Kier molecular flexibility index (Phi) is 5.98. The van der Waals surface area contributed by atoms with Crippen molar-refractivity contribution in [1.82, 2.24) is 9.80 Å². The van der Waals surface area contributed by atoms with Gasteiger partial charge in [0.2, 0.25) is 11.8 Å². The number of carbonyl (C=O) groups excluding carboxylic acids is 2. The third-order valence-corrected chi connectivity index (χ3v) is 4.41. The maximum atomic E-state index is 12.3. The molecule has 1 saturated heterocycles. The summed E-state index contributed by atoms with van der Waals surface area (Å²) in [6.07, 6.45) is 1.28. The molecule has 126 valence electrons. The average molecular weight is 318 g/mol. The van der Waals surface area contributed by atoms with Crippen molar-refractivity contribution in [1.29, 1.82) is 0 Å². The van der Waals surface area contributed by atoms with Gasteiger partial charge in [-0.2, -0.15) is 0 Å². The molecule has 0 radical (unpaired) electrons. The lowest BCUT2D eigenvalue weighted by Crippen LogP contribution is -2.57. The summed E-state index contributed by atoms with van der Waals surface area (Å²) in [5, 5.41) is 0. The van der Waals surface area contributed by atoms with Crippen molar-refractivity contribution in [3.05, 3.63) is 30.3 Å². The van der Waals surface area contributed by atoms with Crippen LogP contribution < -0.4 is 10.6 Å². The van der Waals surface area contributed by atoms with Crippen molar-refractivity contribution in [3.8, 4) is 0 Å². The zero-order valence-electron chi connectivity index (χ0n) is 13.9. The van der Waals surface area contributed by atoms with Gasteiger partial charge in [0.1, 0.15) is 6.04 Å². The fourth-order valence-corrected chi connectivity index (χ4v) is 2.84. The van der Waals surface area contributed by atoms with E-state index in [1.54, 1.807) is 4.90 Å². The van der Waals surface area contributed by atoms with E-state index >= 15 is 0 Å². The standard InChI is InChI=1S/C17H26N4O2/c1-19(14-7-4-3-5-8-14)10-6-9-16(22)21-12-11-20(2)15(13-21)17(18)23/h3-5,7-8,15H,6,9-13H2,1-2H3,(H2,18,23). The Morgan fingerprint density at radius 1 is 1.26 bits per heavy atom. The summed E-state index contributed by atoms with van der Waals surface area (Å²) in [6, 6.07) is 9.74. The molecule has 6 nitrogen and oxygen atoms in total. The van der Waals surface area contributed by atoms with Crippen molar-refractivity contribution < 1.29 is 9.59 Å². The van der Waals surface area contributed by atoms with Crippen LogP contribution in [0, 0.1) is 0 Å². The molecule has 2 rings (SSSR count). The molecule has 1 aliphatic heterocycles. The highest BCUT2D eigenvalue weighted by Gasteiger charge is 2.30. The van der Waals surface area contributed by atoms with Gasteiger partial charge in [0.05, 0.1) is 0 Å². The van der Waals surface area contributed by atoms with E-state index in [1.165, 1.54) is 0 Å². The Hall–Kier alpha value is -2.08. The van der Waals surface area contributed by atoms with E-state index in [0.29, 0.717) is 26.1 Å². The summed E-state index contributed by atoms with van der Waals surface area (Å²) in [5.41, 5.74) is 6.55. The molecule has 1 aromatic rings. The molecule has 0 bridgehead atoms. The van der Waals surface area contributed by atoms with Gasteiger partial charge in [0.25, 0.3) is 0 Å². The molecule has 1 aliphatic rings. The molecule has 23 heavy (non-hydrogen) atoms. The number of carbonyl (C=O) groups is 2. The van der Waals surface area contributed by atoms with Crippen LogP contribution >= 0.6 is 0 Å². The second-order valence-electron chi connectivity index (χ2n) is 6.10. The van der Waals surface area contributed by atoms with Gasteiger partial charge in [0.15, 0.2) is 0 Å². The number of benzene rings is 1. The fourth-order valence-electron chi connectivity index (χ4n) is 2.84. The summed E-state index contributed by atoms with van der Waals surface area (Å²) in [4.78, 5) is 29.6. The molecule has 1 atom stereocenters. The van der Waals surface area contributed by atoms with Gasteiger partial charge in [-0.05, 0) is 25.6 Å². The molecule has 0 aromatic heterocycles. The smallest absolute Gasteiger partial charge is 0.236 e. The fraction of sp³-hybridized carbons (Fsp3) is 0.529. The van der Waals surface area contributed by atoms with Gasteiger partial charge in [0, 0.05) is 45.3 Å². The number of piperazine rings is 1. The molecule has 0 saturated carbocycles. The average Bonchev–Trinajstić information content (AvgIpc) is 2.55. The predicted octanol–water partition coefficient (Wildman–Crippen LogP) is 0.531. The predicted molar refractivity (Wildman–Crippen MR) is 91.1 cm³/mol. The van der Waals surface area contributed by atoms with Crippen LogP contribution in [0.2, 0.25) is 0 Å². The third-order valence-electron chi connectivity index (χ3n) is 4.41. The summed E-state index contributed by atoms with van der Waals surface area (Å²) >= 11 is 0. The number of nitrogens with zero attached hydrogens (tertiary/aromatic N) is 3. The maximum Gasteiger partial charge on any atom is 0.236 e. The number of hydrogen-bond donors (Lipinski definition) is 1. The molecule has 1 fully saturated rings. The van der Waals surface area contributed by atoms with Gasteiger partial charge in [-0.15, -0.1) is 0 Å². The first-order chi connectivity index (χ1) is 11.0. The minimum atomic E-state index is -0.375. The molecule has 1 unspecified atom stereocenters. The number of anilines is 1. The minimum Gasteiger partial charge on any atom is -0.375 e. The Balaban J connectivity index is 1.77. The molecular weight excluding hydrogens is 292 g/mol. The van der Waals surface area contributed by atoms with Crippen LogP contribution in [0.5, 0.6) is 0 Å². The minimum absolute atomic E-state index is 0.103. The van der Waals surface area contributed by atoms with E-state index in [2.05, 4.69) is 17.0 Å². The van der Waals surface area contributed by atoms with Crippen molar-refractivity contribution in [2.75, 3.05) is 45.2 Å². The van der Waals surface area contributed by atoms with E-state index in [4.69, 9.17) is 5.73 Å². The van der Waals surface area contributed by atoms with Gasteiger partial charge >= 0.3 is 0 Å². The quantitative estimate of drug-likeness (QED) is 0.831. The molecule has 1 aromatic carbocycles. The number of hydrogen-bond acceptors (Lipinski definition) is 4. The van der Waals surface area contributed by atoms with E-state index in [1.807, 2.05) is 37.2 Å². The lowest BCUT2D eigenvalue weighted by Gasteiger charge is -2.37. The molecule has 2 amide bonds. The van der Waals surface area contributed by atoms with Crippen LogP contribution in [-0.2, 0) is 9.59 Å². The number of rotatable bonds is 6. The first-order valence-corrected chi connectivity index (χ1v) is 8.02. The SMILES string of the molecule is CN(CCCC(=O)N1CCN(C)C(C(N)=O)C1)c1ccccc1. The van der Waals surface area contributed by atoms with Crippen molar-refractivity contribution in [2.24, 2.45) is 5.73 Å². The first-order valence-electron chi connectivity index (χ1n) is 8.02. The van der Waals surface area contributed by atoms with Crippen molar-refractivity contribution >= 4 is 17.5 Å². The first kappa shape index (κ1) is 17.3. The lowest BCUT2D eigenvalue weighted by atomic mass is 10.1. The monoisotopic (exact) mass is 318 g/mol. The molecule has 0 spiro atoms. The highest BCUT2D eigenvalue weighted by Crippen LogP contribution is 2.13. The Labute approximate surface area is 137 Å². The van der Waals surface area contributed by atoms with E-state index in [0.717, 1.165) is 18.7 Å². The van der Waals surface area contributed by atoms with Gasteiger partial charge in [-0.25, -0.2) is 0 Å². The topological polar surface area (TPSA) is 69.9 Å². The molecule has 6 heteroatoms. The summed E-state index contributed by atoms with van der Waals surface area (Å²) in [7, 11) is 3.89. The van der Waals surface area contributed by atoms with Crippen molar-refractivity contribution in [3.63, 3.8) is 0 Å². The van der Waals surface area contributed by atoms with Crippen LogP contribution in [0.4, 0.5) is 5.69 Å². The Morgan fingerprint density at radius 3 is 2.61 bits per heavy atom. The maximum absolute atomic E-state index is 12.3. The zero-order chi connectivity index (χ0) is 16.8. The number of likely N-dealkylation sites (N-methyl/N-ethyl adjacent to an activating group) is 1. The summed E-state index contributed by atoms with van der Waals surface area (Å²) in [5.74, 6) is -0.264. The number of primary amides is 1. The van der Waals surface area contributed by atoms with Crippen LogP contribution in [0.25, 0.3) is 0 Å². The van der Waals surface area contributed by atoms with Crippen LogP contribution in [0.3, 0.4) is 0 Å². The van der Waals surface area contributed by atoms with Gasteiger partial charge in [-0.1, -0.05) is 18.2 Å². The van der Waals surface area contributed by atoms with Crippen LogP contribution in [-0.4, -0.2) is 67.9 Å². The van der Waals surface area contributed by atoms with E-state index in [9.17, 15) is 9.59 Å². The Morgan fingerprint density at radius 2 is 1.96 bits per heavy atom.